The van der Waals surface area contributed by atoms with Crippen molar-refractivity contribution in [3.05, 3.63) is 0 Å². The molecule has 0 amide bonds. The zero-order chi connectivity index (χ0) is 0. The van der Waals surface area contributed by atoms with Crippen molar-refractivity contribution in [2.75, 3.05) is 0 Å². The molecule has 0 fully saturated rings. The van der Waals surface area contributed by atoms with Crippen molar-refractivity contribution < 1.29 is 805 Å². The molecule has 0 unspecified atom stereocenters. The van der Waals surface area contributed by atoms with Crippen molar-refractivity contribution >= 4 is 0 Å². The summed E-state index contributed by atoms with van der Waals surface area (Å²) in [4.78, 5) is 0. The molecule has 0 spiro atoms. The second-order valence-electron chi connectivity index (χ2n) is 0. The maximum absolute atomic E-state index is 0. The predicted octanol–water partition coefficient (Wildman–Crippen LogP) is -0.120. The third-order valence-corrected chi connectivity index (χ3v) is 0. The van der Waals surface area contributed by atoms with Crippen LogP contribution in [0.4, 0.5) is 0 Å². The van der Waals surface area contributed by atoms with Crippen LogP contribution in [0, 0.1) is 0 Å². The second kappa shape index (κ2) is 596. The fourth-order valence-corrected chi connectivity index (χ4v) is 0. The van der Waals surface area contributed by atoms with E-state index in [2.05, 4.69) is 0 Å². The van der Waals surface area contributed by atoms with Crippen LogP contribution in [0.5, 0.6) is 0 Å². The summed E-state index contributed by atoms with van der Waals surface area (Å²) in [5.74, 6) is 0. The van der Waals surface area contributed by atoms with Crippen LogP contribution >= 0.6 is 0 Å². The van der Waals surface area contributed by atoms with E-state index >= 15 is 0 Å². The van der Waals surface area contributed by atoms with Gasteiger partial charge >= 0.3 is 0 Å². The molecule has 432 valence electrons. The smallest absolute Gasteiger partial charge is 0 e. The number of rotatable bonds is 0. The molecular formula is Co48. The van der Waals surface area contributed by atoms with Crippen LogP contribution in [0.15, 0.2) is 0 Å². The molecular weight excluding hydrogens is 2830 g/mol. The molecule has 0 nitrogen and oxygen atoms in total. The second-order valence-corrected chi connectivity index (χ2v) is 0. The van der Waals surface area contributed by atoms with Crippen molar-refractivity contribution in [2.45, 2.75) is 0 Å². The summed E-state index contributed by atoms with van der Waals surface area (Å²) in [5.41, 5.74) is 0. The van der Waals surface area contributed by atoms with Crippen molar-refractivity contribution in [1.82, 2.24) is 0 Å². The van der Waals surface area contributed by atoms with Crippen molar-refractivity contribution in [3.63, 3.8) is 0 Å². The van der Waals surface area contributed by atoms with E-state index in [1.54, 1.807) is 0 Å². The Morgan fingerprint density at radius 2 is 0.0208 bits per heavy atom. The molecule has 0 bridgehead atoms. The van der Waals surface area contributed by atoms with E-state index in [1.807, 2.05) is 0 Å². The van der Waals surface area contributed by atoms with E-state index in [4.69, 9.17) is 0 Å². The van der Waals surface area contributed by atoms with Crippen LogP contribution in [0.25, 0.3) is 0 Å². The van der Waals surface area contributed by atoms with Gasteiger partial charge in [0.2, 0.25) is 0 Å². The average molecular weight is 2830 g/mol. The third-order valence-electron chi connectivity index (χ3n) is 0. The molecule has 0 rings (SSSR count). The van der Waals surface area contributed by atoms with Crippen LogP contribution in [0.3, 0.4) is 0 Å². The van der Waals surface area contributed by atoms with Gasteiger partial charge in [0.1, 0.15) is 0 Å². The zero-order valence-electron chi connectivity index (χ0n) is 16.0. The molecule has 0 aliphatic heterocycles. The fraction of sp³-hybridized carbons (Fsp3) is 0. The van der Waals surface area contributed by atoms with Crippen molar-refractivity contribution in [3.8, 4) is 0 Å². The van der Waals surface area contributed by atoms with Gasteiger partial charge in [-0.25, -0.2) is 0 Å². The normalized spacial score (nSPS) is 0. The predicted molar refractivity (Wildman–Crippen MR) is 0 cm³/mol. The van der Waals surface area contributed by atoms with Gasteiger partial charge in [0, 0.05) is 805 Å². The van der Waals surface area contributed by atoms with Crippen LogP contribution in [0.1, 0.15) is 0 Å². The monoisotopic (exact) mass is 2830 g/mol. The summed E-state index contributed by atoms with van der Waals surface area (Å²) in [7, 11) is 0. The summed E-state index contributed by atoms with van der Waals surface area (Å²) in [6.07, 6.45) is 0. The summed E-state index contributed by atoms with van der Waals surface area (Å²) in [6, 6.07) is 0. The van der Waals surface area contributed by atoms with E-state index in [9.17, 15) is 0 Å². The summed E-state index contributed by atoms with van der Waals surface area (Å²) >= 11 is 0. The van der Waals surface area contributed by atoms with Gasteiger partial charge in [0.25, 0.3) is 0 Å². The molecule has 0 heterocycles. The van der Waals surface area contributed by atoms with Gasteiger partial charge in [-0.05, 0) is 0 Å². The fourth-order valence-electron chi connectivity index (χ4n) is 0. The maximum Gasteiger partial charge on any atom is 0 e. The van der Waals surface area contributed by atoms with Gasteiger partial charge < -0.3 is 0 Å². The van der Waals surface area contributed by atoms with Gasteiger partial charge in [-0.2, -0.15) is 0 Å². The largest absolute Gasteiger partial charge is 0 e. The molecule has 0 N–H and O–H groups in total. The first-order valence-corrected chi connectivity index (χ1v) is 0. The van der Waals surface area contributed by atoms with Crippen LogP contribution in [0.2, 0.25) is 0 Å². The first-order valence-electron chi connectivity index (χ1n) is 0. The van der Waals surface area contributed by atoms with Gasteiger partial charge in [0.05, 0.1) is 0 Å². The Kier molecular flexibility index (Phi) is 7730. The number of hydrogen-bond acceptors (Lipinski definition) is 0. The van der Waals surface area contributed by atoms with E-state index in [0.29, 0.717) is 0 Å². The Bertz CT molecular complexity index is 0. The Morgan fingerprint density at radius 3 is 0.0208 bits per heavy atom. The summed E-state index contributed by atoms with van der Waals surface area (Å²) in [6.45, 7) is 0. The molecule has 0 aromatic carbocycles. The summed E-state index contributed by atoms with van der Waals surface area (Å²) in [5, 5.41) is 0. The molecule has 0 aromatic rings. The standard InChI is InChI=1S/48Co. The van der Waals surface area contributed by atoms with E-state index in [-0.39, 0.29) is 805 Å². The first kappa shape index (κ1) is 622. The van der Waals surface area contributed by atoms with E-state index < -0.39 is 0 Å². The maximum atomic E-state index is 0. The van der Waals surface area contributed by atoms with Gasteiger partial charge in [-0.15, -0.1) is 0 Å². The molecule has 0 atom stereocenters. The average Bonchev–Trinajstić information content (AvgIpc) is 0. The Hall–Kier alpha value is 24.3. The topological polar surface area (TPSA) is 0 Å². The minimum atomic E-state index is 0. The van der Waals surface area contributed by atoms with E-state index in [0.717, 1.165) is 0 Å². The SMILES string of the molecule is [Co].[Co].[Co].[Co].[Co].[Co].[Co].[Co].[Co].[Co].[Co].[Co].[Co].[Co].[Co].[Co].[Co].[Co].[Co].[Co].[Co].[Co].[Co].[Co].[Co].[Co].[Co].[Co].[Co].[Co].[Co].[Co].[Co].[Co].[Co].[Co].[Co].[Co].[Co].[Co].[Co].[Co].[Co].[Co].[Co].[Co].[Co].[Co]. The minimum absolute atomic E-state index is 0. The Labute approximate surface area is 785 Å². The van der Waals surface area contributed by atoms with Crippen molar-refractivity contribution in [2.24, 2.45) is 0 Å². The Balaban J connectivity index is 0. The molecule has 0 aliphatic rings. The molecule has 48 heavy (non-hydrogen) atoms. The van der Waals surface area contributed by atoms with Crippen LogP contribution in [-0.4, -0.2) is 0 Å². The molecule has 48 radical (unpaired) electrons. The van der Waals surface area contributed by atoms with Crippen LogP contribution < -0.4 is 0 Å². The van der Waals surface area contributed by atoms with Gasteiger partial charge in [0.15, 0.2) is 0 Å². The molecule has 0 aromatic heterocycles. The third kappa shape index (κ3) is 571. The quantitative estimate of drug-likeness (QED) is 0.318. The molecule has 0 aliphatic carbocycles. The van der Waals surface area contributed by atoms with Crippen molar-refractivity contribution in [1.29, 1.82) is 0 Å². The minimum Gasteiger partial charge on any atom is 0 e. The number of hydrogen-bond donors (Lipinski definition) is 0. The molecule has 0 saturated heterocycles. The molecule has 48 heteroatoms. The Morgan fingerprint density at radius 1 is 0.0208 bits per heavy atom. The van der Waals surface area contributed by atoms with E-state index in [1.165, 1.54) is 0 Å². The van der Waals surface area contributed by atoms with Gasteiger partial charge in [-0.3, -0.25) is 0 Å². The first-order chi connectivity index (χ1) is 0. The van der Waals surface area contributed by atoms with Crippen LogP contribution in [-0.2, 0) is 805 Å². The van der Waals surface area contributed by atoms with Gasteiger partial charge in [-0.1, -0.05) is 0 Å². The summed E-state index contributed by atoms with van der Waals surface area (Å²) < 4.78 is 0. The molecule has 0 saturated carbocycles. The zero-order valence-corrected chi connectivity index (χ0v) is 66.0.